The Kier molecular flexibility index (Phi) is 7.11. The highest BCUT2D eigenvalue weighted by Crippen LogP contribution is 2.26. The monoisotopic (exact) mass is 627 g/mol. The quantitative estimate of drug-likeness (QED) is 0.114. The molecule has 3 aromatic carbocycles. The van der Waals surface area contributed by atoms with E-state index in [9.17, 15) is 24.5 Å². The van der Waals surface area contributed by atoms with Crippen molar-refractivity contribution < 1.29 is 19.2 Å². The number of esters is 2. The van der Waals surface area contributed by atoms with Gasteiger partial charge in [-0.2, -0.15) is 9.78 Å². The van der Waals surface area contributed by atoms with Crippen LogP contribution in [0, 0.1) is 10.1 Å². The highest BCUT2D eigenvalue weighted by molar-refractivity contribution is 9.11. The maximum Gasteiger partial charge on any atom is 0.347 e. The Bertz CT molecular complexity index is 1640. The maximum absolute atomic E-state index is 12.7. The number of carbonyl (C=O) groups excluding carboxylic acids is 2. The number of hydrogen-bond donors (Lipinski definition) is 0. The number of nitro groups is 1. The van der Waals surface area contributed by atoms with Crippen LogP contribution >= 0.6 is 31.9 Å². The number of nitro benzene ring substituents is 1. The number of fused-ring (bicyclic) bond motifs is 2. The standard InChI is InChI=1S/C18H16Br2N2O.C8H3NO5/c1-18(2,3)11-4-7-13(8-5-11)22-17(23)14-9-6-12(19)10-15(14)16(20)21-22;10-7-5-2-1-4(9(12)13)3-6(5)8(11)14-7/h4-10H,1-3H3;1-3H. The van der Waals surface area contributed by atoms with E-state index >= 15 is 0 Å². The van der Waals surface area contributed by atoms with Crippen LogP contribution in [0.4, 0.5) is 5.69 Å². The van der Waals surface area contributed by atoms with Crippen molar-refractivity contribution >= 4 is 60.3 Å². The molecule has 0 N–H and O–H groups in total. The van der Waals surface area contributed by atoms with Crippen LogP contribution in [-0.2, 0) is 10.2 Å². The summed E-state index contributed by atoms with van der Waals surface area (Å²) in [4.78, 5) is 44.4. The zero-order chi connectivity index (χ0) is 27.1. The Morgan fingerprint density at radius 3 is 2.14 bits per heavy atom. The van der Waals surface area contributed by atoms with Crippen LogP contribution < -0.4 is 5.56 Å². The predicted molar refractivity (Wildman–Crippen MR) is 144 cm³/mol. The normalized spacial score (nSPS) is 12.6. The first-order valence-electron chi connectivity index (χ1n) is 10.9. The second-order valence-electron chi connectivity index (χ2n) is 9.16. The predicted octanol–water partition coefficient (Wildman–Crippen LogP) is 6.11. The fourth-order valence-corrected chi connectivity index (χ4v) is 4.49. The van der Waals surface area contributed by atoms with E-state index in [1.54, 1.807) is 0 Å². The Morgan fingerprint density at radius 2 is 1.51 bits per heavy atom. The van der Waals surface area contributed by atoms with Gasteiger partial charge in [0.05, 0.1) is 27.1 Å². The number of non-ortho nitro benzene ring substituents is 1. The van der Waals surface area contributed by atoms with Gasteiger partial charge >= 0.3 is 11.9 Å². The third-order valence-electron chi connectivity index (χ3n) is 5.63. The van der Waals surface area contributed by atoms with Gasteiger partial charge in [-0.3, -0.25) is 14.9 Å². The summed E-state index contributed by atoms with van der Waals surface area (Å²) in [5.74, 6) is -1.60. The van der Waals surface area contributed by atoms with Crippen molar-refractivity contribution in [3.05, 3.63) is 107 Å². The fraction of sp³-hybridized carbons (Fsp3) is 0.154. The molecule has 2 heterocycles. The Morgan fingerprint density at radius 1 is 0.865 bits per heavy atom. The highest BCUT2D eigenvalue weighted by Gasteiger charge is 2.31. The lowest BCUT2D eigenvalue weighted by Crippen LogP contribution is -2.22. The number of carbonyl (C=O) groups is 2. The second-order valence-corrected chi connectivity index (χ2v) is 10.8. The molecule has 0 radical (unpaired) electrons. The molecule has 4 aromatic rings. The largest absolute Gasteiger partial charge is 0.386 e. The molecule has 0 atom stereocenters. The first-order valence-corrected chi connectivity index (χ1v) is 12.5. The summed E-state index contributed by atoms with van der Waals surface area (Å²) < 4.78 is 7.27. The fourth-order valence-electron chi connectivity index (χ4n) is 3.64. The number of halogens is 2. The Labute approximate surface area is 227 Å². The molecule has 0 bridgehead atoms. The van der Waals surface area contributed by atoms with Gasteiger partial charge in [0.25, 0.3) is 11.2 Å². The topological polar surface area (TPSA) is 121 Å². The van der Waals surface area contributed by atoms with Gasteiger partial charge in [-0.25, -0.2) is 9.59 Å². The average molecular weight is 629 g/mol. The summed E-state index contributed by atoms with van der Waals surface area (Å²) in [6.45, 7) is 6.49. The number of hydrogen-bond acceptors (Lipinski definition) is 7. The minimum Gasteiger partial charge on any atom is -0.386 e. The van der Waals surface area contributed by atoms with Gasteiger partial charge in [-0.1, -0.05) is 48.8 Å². The van der Waals surface area contributed by atoms with E-state index in [0.29, 0.717) is 9.99 Å². The maximum atomic E-state index is 12.7. The first-order chi connectivity index (χ1) is 17.4. The van der Waals surface area contributed by atoms with Crippen LogP contribution in [0.5, 0.6) is 0 Å². The lowest BCUT2D eigenvalue weighted by Gasteiger charge is -2.19. The van der Waals surface area contributed by atoms with Gasteiger partial charge in [0.1, 0.15) is 4.60 Å². The third-order valence-corrected chi connectivity index (χ3v) is 6.71. The van der Waals surface area contributed by atoms with E-state index in [1.807, 2.05) is 42.5 Å². The van der Waals surface area contributed by atoms with Gasteiger partial charge in [0.15, 0.2) is 0 Å². The summed E-state index contributed by atoms with van der Waals surface area (Å²) >= 11 is 6.89. The molecule has 11 heteroatoms. The highest BCUT2D eigenvalue weighted by atomic mass is 79.9. The molecule has 1 aliphatic rings. The van der Waals surface area contributed by atoms with Crippen molar-refractivity contribution in [2.45, 2.75) is 26.2 Å². The molecular weight excluding hydrogens is 610 g/mol. The first kappa shape index (κ1) is 26.4. The van der Waals surface area contributed by atoms with Gasteiger partial charge in [-0.05, 0) is 63.3 Å². The molecule has 1 aromatic heterocycles. The van der Waals surface area contributed by atoms with E-state index in [2.05, 4.69) is 62.5 Å². The molecule has 37 heavy (non-hydrogen) atoms. The van der Waals surface area contributed by atoms with E-state index in [4.69, 9.17) is 0 Å². The zero-order valence-corrected chi connectivity index (χ0v) is 23.0. The van der Waals surface area contributed by atoms with Gasteiger partial charge in [-0.15, -0.1) is 0 Å². The van der Waals surface area contributed by atoms with Crippen LogP contribution in [0.3, 0.4) is 0 Å². The van der Waals surface area contributed by atoms with Gasteiger partial charge in [0, 0.05) is 22.0 Å². The van der Waals surface area contributed by atoms with E-state index in [1.165, 1.54) is 16.3 Å². The molecule has 0 spiro atoms. The number of aromatic nitrogens is 2. The SMILES string of the molecule is CC(C)(C)c1ccc(-n2nc(Br)c3cc(Br)ccc3c2=O)cc1.O=C1OC(=O)c2cc([N+](=O)[O-])ccc21. The zero-order valence-electron chi connectivity index (χ0n) is 19.8. The molecule has 0 unspecified atom stereocenters. The number of ether oxygens (including phenoxy) is 1. The minimum absolute atomic E-state index is 0.0517. The molecule has 0 aliphatic carbocycles. The summed E-state index contributed by atoms with van der Waals surface area (Å²) in [5.41, 5.74) is 1.71. The van der Waals surface area contributed by atoms with Crippen molar-refractivity contribution in [3.8, 4) is 5.69 Å². The van der Waals surface area contributed by atoms with E-state index in [-0.39, 0.29) is 27.8 Å². The van der Waals surface area contributed by atoms with Crippen molar-refractivity contribution in [2.75, 3.05) is 0 Å². The second kappa shape index (κ2) is 9.98. The Hall–Kier alpha value is -3.70. The Balaban J connectivity index is 0.000000195. The van der Waals surface area contributed by atoms with Crippen molar-refractivity contribution in [2.24, 2.45) is 0 Å². The molecule has 0 saturated carbocycles. The third kappa shape index (κ3) is 5.37. The van der Waals surface area contributed by atoms with Crippen molar-refractivity contribution in [1.82, 2.24) is 9.78 Å². The average Bonchev–Trinajstić information content (AvgIpc) is 3.14. The smallest absolute Gasteiger partial charge is 0.347 e. The van der Waals surface area contributed by atoms with E-state index in [0.717, 1.165) is 27.7 Å². The van der Waals surface area contributed by atoms with Crippen LogP contribution in [0.1, 0.15) is 47.1 Å². The summed E-state index contributed by atoms with van der Waals surface area (Å²) in [6, 6.07) is 16.9. The van der Waals surface area contributed by atoms with Crippen LogP contribution in [0.25, 0.3) is 16.5 Å². The number of cyclic esters (lactones) is 2. The lowest BCUT2D eigenvalue weighted by molar-refractivity contribution is -0.384. The number of rotatable bonds is 2. The number of benzene rings is 3. The van der Waals surface area contributed by atoms with Crippen LogP contribution in [0.15, 0.2) is 74.5 Å². The molecule has 9 nitrogen and oxygen atoms in total. The molecule has 0 amide bonds. The van der Waals surface area contributed by atoms with E-state index < -0.39 is 16.9 Å². The lowest BCUT2D eigenvalue weighted by atomic mass is 9.87. The van der Waals surface area contributed by atoms with Crippen LogP contribution in [0.2, 0.25) is 0 Å². The minimum atomic E-state index is -0.839. The molecule has 0 saturated heterocycles. The van der Waals surface area contributed by atoms with Gasteiger partial charge in [0.2, 0.25) is 0 Å². The molecular formula is C26H19Br2N3O6. The molecule has 0 fully saturated rings. The van der Waals surface area contributed by atoms with Crippen molar-refractivity contribution in [1.29, 1.82) is 0 Å². The number of nitrogens with zero attached hydrogens (tertiary/aromatic N) is 3. The molecule has 1 aliphatic heterocycles. The summed E-state index contributed by atoms with van der Waals surface area (Å²) in [6.07, 6.45) is 0. The van der Waals surface area contributed by atoms with Crippen LogP contribution in [-0.4, -0.2) is 26.6 Å². The molecule has 5 rings (SSSR count). The summed E-state index contributed by atoms with van der Waals surface area (Å²) in [7, 11) is 0. The van der Waals surface area contributed by atoms with Crippen molar-refractivity contribution in [3.63, 3.8) is 0 Å². The van der Waals surface area contributed by atoms with Gasteiger partial charge < -0.3 is 4.74 Å². The molecule has 188 valence electrons. The summed E-state index contributed by atoms with van der Waals surface area (Å²) in [5, 5.41) is 16.2.